The number of methoxy groups -OCH3 is 1. The van der Waals surface area contributed by atoms with E-state index in [2.05, 4.69) is 35.2 Å². The Morgan fingerprint density at radius 1 is 1.39 bits per heavy atom. The molecule has 0 fully saturated rings. The summed E-state index contributed by atoms with van der Waals surface area (Å²) < 4.78 is 5.09. The molecule has 1 aromatic rings. The van der Waals surface area contributed by atoms with E-state index in [0.717, 1.165) is 37.6 Å². The Bertz CT molecular complexity index is 380. The van der Waals surface area contributed by atoms with Crippen molar-refractivity contribution >= 4 is 5.82 Å². The van der Waals surface area contributed by atoms with Gasteiger partial charge >= 0.3 is 0 Å². The maximum atomic E-state index is 5.09. The number of anilines is 1. The van der Waals surface area contributed by atoms with Crippen LogP contribution in [-0.2, 0) is 11.3 Å². The lowest BCUT2D eigenvalue weighted by atomic mass is 10.1. The Morgan fingerprint density at radius 2 is 2.11 bits per heavy atom. The average Bonchev–Trinajstić information content (AvgIpc) is 2.32. The number of nitrogens with one attached hydrogen (secondary N) is 1. The van der Waals surface area contributed by atoms with E-state index in [4.69, 9.17) is 4.74 Å². The molecule has 102 valence electrons. The summed E-state index contributed by atoms with van der Waals surface area (Å²) in [5.41, 5.74) is 3.65. The molecule has 4 nitrogen and oxygen atoms in total. The van der Waals surface area contributed by atoms with Gasteiger partial charge < -0.3 is 15.0 Å². The number of ether oxygens (including phenoxy) is 1. The molecule has 0 bridgehead atoms. The minimum atomic E-state index is 0.788. The fourth-order valence-electron chi connectivity index (χ4n) is 2.11. The van der Waals surface area contributed by atoms with Gasteiger partial charge in [-0.15, -0.1) is 0 Å². The van der Waals surface area contributed by atoms with Gasteiger partial charge in [0.15, 0.2) is 0 Å². The van der Waals surface area contributed by atoms with Crippen molar-refractivity contribution in [3.8, 4) is 0 Å². The Labute approximate surface area is 110 Å². The SMILES string of the molecule is CNCc1c(C)cc(C)nc1N(C)CCCOC. The van der Waals surface area contributed by atoms with Gasteiger partial charge in [-0.2, -0.15) is 0 Å². The van der Waals surface area contributed by atoms with Gasteiger partial charge in [0.25, 0.3) is 0 Å². The number of aromatic nitrogens is 1. The van der Waals surface area contributed by atoms with E-state index in [1.54, 1.807) is 7.11 Å². The first-order valence-electron chi connectivity index (χ1n) is 6.42. The number of hydrogen-bond acceptors (Lipinski definition) is 4. The molecule has 0 aliphatic rings. The summed E-state index contributed by atoms with van der Waals surface area (Å²) in [5.74, 6) is 1.08. The predicted octanol–water partition coefficient (Wildman–Crippen LogP) is 1.89. The molecule has 0 saturated heterocycles. The summed E-state index contributed by atoms with van der Waals surface area (Å²) in [6.07, 6.45) is 1.01. The summed E-state index contributed by atoms with van der Waals surface area (Å²) in [4.78, 5) is 6.89. The second-order valence-corrected chi connectivity index (χ2v) is 4.68. The minimum absolute atomic E-state index is 0.788. The molecule has 1 aromatic heterocycles. The first kappa shape index (κ1) is 14.9. The van der Waals surface area contributed by atoms with Crippen LogP contribution in [0, 0.1) is 13.8 Å². The van der Waals surface area contributed by atoms with Crippen molar-refractivity contribution in [1.82, 2.24) is 10.3 Å². The van der Waals surface area contributed by atoms with Gasteiger partial charge in [0.1, 0.15) is 5.82 Å². The highest BCUT2D eigenvalue weighted by molar-refractivity contribution is 5.51. The topological polar surface area (TPSA) is 37.4 Å². The third-order valence-corrected chi connectivity index (χ3v) is 3.01. The largest absolute Gasteiger partial charge is 0.385 e. The van der Waals surface area contributed by atoms with E-state index in [1.165, 1.54) is 11.1 Å². The van der Waals surface area contributed by atoms with Crippen molar-refractivity contribution in [3.63, 3.8) is 0 Å². The average molecular weight is 251 g/mol. The summed E-state index contributed by atoms with van der Waals surface area (Å²) in [5, 5.41) is 3.22. The lowest BCUT2D eigenvalue weighted by molar-refractivity contribution is 0.196. The minimum Gasteiger partial charge on any atom is -0.385 e. The fourth-order valence-corrected chi connectivity index (χ4v) is 2.11. The van der Waals surface area contributed by atoms with Gasteiger partial charge in [0, 0.05) is 45.1 Å². The maximum Gasteiger partial charge on any atom is 0.133 e. The van der Waals surface area contributed by atoms with E-state index in [9.17, 15) is 0 Å². The molecular weight excluding hydrogens is 226 g/mol. The smallest absolute Gasteiger partial charge is 0.133 e. The third kappa shape index (κ3) is 3.96. The van der Waals surface area contributed by atoms with Crippen LogP contribution in [0.5, 0.6) is 0 Å². The van der Waals surface area contributed by atoms with Crippen LogP contribution in [0.15, 0.2) is 6.07 Å². The van der Waals surface area contributed by atoms with Gasteiger partial charge in [-0.1, -0.05) is 0 Å². The predicted molar refractivity (Wildman–Crippen MR) is 76.2 cm³/mol. The Kier molecular flexibility index (Phi) is 6.09. The maximum absolute atomic E-state index is 5.09. The zero-order chi connectivity index (χ0) is 13.5. The number of nitrogens with zero attached hydrogens (tertiary/aromatic N) is 2. The van der Waals surface area contributed by atoms with Crippen LogP contribution >= 0.6 is 0 Å². The molecule has 0 unspecified atom stereocenters. The zero-order valence-electron chi connectivity index (χ0n) is 12.2. The molecular formula is C14H25N3O. The van der Waals surface area contributed by atoms with Crippen LogP contribution in [0.1, 0.15) is 23.2 Å². The van der Waals surface area contributed by atoms with Gasteiger partial charge in [0.2, 0.25) is 0 Å². The van der Waals surface area contributed by atoms with Gasteiger partial charge in [-0.05, 0) is 38.9 Å². The van der Waals surface area contributed by atoms with E-state index in [-0.39, 0.29) is 0 Å². The normalized spacial score (nSPS) is 10.7. The van der Waals surface area contributed by atoms with Crippen LogP contribution < -0.4 is 10.2 Å². The lowest BCUT2D eigenvalue weighted by Crippen LogP contribution is -2.24. The van der Waals surface area contributed by atoms with Crippen LogP contribution in [0.4, 0.5) is 5.82 Å². The molecule has 0 saturated carbocycles. The first-order chi connectivity index (χ1) is 8.60. The van der Waals surface area contributed by atoms with Gasteiger partial charge in [-0.25, -0.2) is 4.98 Å². The molecule has 0 aliphatic carbocycles. The second-order valence-electron chi connectivity index (χ2n) is 4.68. The first-order valence-corrected chi connectivity index (χ1v) is 6.42. The fraction of sp³-hybridized carbons (Fsp3) is 0.643. The van der Waals surface area contributed by atoms with Gasteiger partial charge in [0.05, 0.1) is 0 Å². The van der Waals surface area contributed by atoms with Crippen LogP contribution in [0.25, 0.3) is 0 Å². The Hall–Kier alpha value is -1.13. The molecule has 1 heterocycles. The van der Waals surface area contributed by atoms with Crippen molar-refractivity contribution in [2.75, 3.05) is 39.3 Å². The van der Waals surface area contributed by atoms with E-state index in [1.807, 2.05) is 14.0 Å². The summed E-state index contributed by atoms with van der Waals surface area (Å²) in [7, 11) is 5.80. The van der Waals surface area contributed by atoms with E-state index < -0.39 is 0 Å². The summed E-state index contributed by atoms with van der Waals surface area (Å²) in [6.45, 7) is 6.79. The molecule has 0 radical (unpaired) electrons. The van der Waals surface area contributed by atoms with Crippen molar-refractivity contribution in [3.05, 3.63) is 22.9 Å². The van der Waals surface area contributed by atoms with Crippen molar-refractivity contribution in [1.29, 1.82) is 0 Å². The molecule has 0 amide bonds. The third-order valence-electron chi connectivity index (χ3n) is 3.01. The van der Waals surface area contributed by atoms with Gasteiger partial charge in [-0.3, -0.25) is 0 Å². The highest BCUT2D eigenvalue weighted by Gasteiger charge is 2.12. The molecule has 1 rings (SSSR count). The van der Waals surface area contributed by atoms with Crippen LogP contribution in [0.3, 0.4) is 0 Å². The zero-order valence-corrected chi connectivity index (χ0v) is 12.2. The number of rotatable bonds is 7. The lowest BCUT2D eigenvalue weighted by Gasteiger charge is -2.23. The molecule has 18 heavy (non-hydrogen) atoms. The number of aryl methyl sites for hydroxylation is 2. The Morgan fingerprint density at radius 3 is 2.72 bits per heavy atom. The molecule has 4 heteroatoms. The Balaban J connectivity index is 2.90. The standard InChI is InChI=1S/C14H25N3O/c1-11-9-12(2)16-14(13(11)10-15-3)17(4)7-6-8-18-5/h9,15H,6-8,10H2,1-5H3. The quantitative estimate of drug-likeness (QED) is 0.751. The molecule has 0 aromatic carbocycles. The summed E-state index contributed by atoms with van der Waals surface area (Å²) >= 11 is 0. The molecule has 0 atom stereocenters. The molecule has 0 spiro atoms. The summed E-state index contributed by atoms with van der Waals surface area (Å²) in [6, 6.07) is 2.14. The van der Waals surface area contributed by atoms with Crippen molar-refractivity contribution in [2.45, 2.75) is 26.8 Å². The highest BCUT2D eigenvalue weighted by atomic mass is 16.5. The monoisotopic (exact) mass is 251 g/mol. The van der Waals surface area contributed by atoms with Crippen LogP contribution in [0.2, 0.25) is 0 Å². The van der Waals surface area contributed by atoms with Crippen molar-refractivity contribution < 1.29 is 4.74 Å². The number of pyridine rings is 1. The van der Waals surface area contributed by atoms with E-state index in [0.29, 0.717) is 0 Å². The number of hydrogen-bond donors (Lipinski definition) is 1. The molecule has 1 N–H and O–H groups in total. The highest BCUT2D eigenvalue weighted by Crippen LogP contribution is 2.21. The van der Waals surface area contributed by atoms with E-state index >= 15 is 0 Å². The van der Waals surface area contributed by atoms with Crippen molar-refractivity contribution in [2.24, 2.45) is 0 Å². The molecule has 0 aliphatic heterocycles. The second kappa shape index (κ2) is 7.34. The van der Waals surface area contributed by atoms with Crippen LogP contribution in [-0.4, -0.2) is 39.3 Å².